The van der Waals surface area contributed by atoms with Gasteiger partial charge in [-0.2, -0.15) is 0 Å². The molecule has 46 heavy (non-hydrogen) atoms. The molecule has 1 aliphatic carbocycles. The normalized spacial score (nSPS) is 19.2. The molecule has 0 radical (unpaired) electrons. The van der Waals surface area contributed by atoms with Crippen LogP contribution >= 0.6 is 0 Å². The number of rotatable bonds is 11. The molecule has 240 valence electrons. The molecule has 0 saturated carbocycles. The van der Waals surface area contributed by atoms with Crippen LogP contribution in [-0.4, -0.2) is 45.2 Å². The molecule has 3 unspecified atom stereocenters. The fraction of sp³-hybridized carbons (Fsp3) is 0.324. The standard InChI is InChI=1S/C37H39NO8/c1-6-44-36(40)31-22(3)38-28-20-27(24-14-11-15-26(18-24)42-4)33(37(41)45-7-2)35(39)34(28)32(31)25-16-17-29(30(19-25)43-5)46-21-23-12-9-8-10-13-23/h8-19,27,32-33,38H,6-7,20-21H2,1-5H3. The highest BCUT2D eigenvalue weighted by molar-refractivity contribution is 6.13. The lowest BCUT2D eigenvalue weighted by Gasteiger charge is -2.39. The second-order valence-corrected chi connectivity index (χ2v) is 11.1. The predicted octanol–water partition coefficient (Wildman–Crippen LogP) is 6.00. The van der Waals surface area contributed by atoms with Gasteiger partial charge in [-0.15, -0.1) is 0 Å². The average Bonchev–Trinajstić information content (AvgIpc) is 3.07. The molecule has 3 atom stereocenters. The highest BCUT2D eigenvalue weighted by Crippen LogP contribution is 2.49. The van der Waals surface area contributed by atoms with E-state index in [4.69, 9.17) is 23.7 Å². The van der Waals surface area contributed by atoms with E-state index in [1.807, 2.05) is 60.7 Å². The molecule has 0 amide bonds. The molecular formula is C37H39NO8. The number of hydrogen-bond donors (Lipinski definition) is 1. The third-order valence-corrected chi connectivity index (χ3v) is 8.34. The van der Waals surface area contributed by atoms with Crippen LogP contribution in [0.3, 0.4) is 0 Å². The van der Waals surface area contributed by atoms with Crippen LogP contribution in [0.5, 0.6) is 17.2 Å². The molecule has 0 bridgehead atoms. The van der Waals surface area contributed by atoms with Gasteiger partial charge >= 0.3 is 11.9 Å². The van der Waals surface area contributed by atoms with Crippen LogP contribution in [0.15, 0.2) is 95.3 Å². The summed E-state index contributed by atoms with van der Waals surface area (Å²) in [5.41, 5.74) is 4.20. The van der Waals surface area contributed by atoms with Crippen molar-refractivity contribution in [3.05, 3.63) is 112 Å². The lowest BCUT2D eigenvalue weighted by atomic mass is 9.67. The van der Waals surface area contributed by atoms with E-state index >= 15 is 0 Å². The van der Waals surface area contributed by atoms with Crippen molar-refractivity contribution in [2.24, 2.45) is 5.92 Å². The maximum absolute atomic E-state index is 14.7. The second kappa shape index (κ2) is 14.4. The van der Waals surface area contributed by atoms with Crippen molar-refractivity contribution in [3.63, 3.8) is 0 Å². The lowest BCUT2D eigenvalue weighted by Crippen LogP contribution is -2.43. The topological polar surface area (TPSA) is 109 Å². The van der Waals surface area contributed by atoms with E-state index < -0.39 is 35.5 Å². The van der Waals surface area contributed by atoms with Gasteiger partial charge in [-0.1, -0.05) is 48.5 Å². The molecule has 3 aromatic carbocycles. The molecular weight excluding hydrogens is 586 g/mol. The molecule has 5 rings (SSSR count). The Bertz CT molecular complexity index is 1680. The Labute approximate surface area is 269 Å². The first-order valence-electron chi connectivity index (χ1n) is 15.4. The van der Waals surface area contributed by atoms with E-state index in [-0.39, 0.29) is 18.8 Å². The highest BCUT2D eigenvalue weighted by Gasteiger charge is 2.49. The molecule has 9 nitrogen and oxygen atoms in total. The van der Waals surface area contributed by atoms with Gasteiger partial charge in [0, 0.05) is 28.8 Å². The number of allylic oxidation sites excluding steroid dienone is 3. The Morgan fingerprint density at radius 1 is 0.848 bits per heavy atom. The van der Waals surface area contributed by atoms with Gasteiger partial charge < -0.3 is 29.0 Å². The van der Waals surface area contributed by atoms with Crippen LogP contribution in [0, 0.1) is 5.92 Å². The monoisotopic (exact) mass is 625 g/mol. The number of hydrogen-bond acceptors (Lipinski definition) is 9. The van der Waals surface area contributed by atoms with Crippen molar-refractivity contribution in [2.45, 2.75) is 45.6 Å². The number of benzene rings is 3. The van der Waals surface area contributed by atoms with E-state index in [1.165, 1.54) is 7.11 Å². The minimum absolute atomic E-state index is 0.121. The van der Waals surface area contributed by atoms with Crippen LogP contribution in [0.25, 0.3) is 0 Å². The number of carbonyl (C=O) groups is 3. The summed E-state index contributed by atoms with van der Waals surface area (Å²) in [5.74, 6) is -2.50. The van der Waals surface area contributed by atoms with E-state index in [2.05, 4.69) is 5.32 Å². The summed E-state index contributed by atoms with van der Waals surface area (Å²) in [6, 6.07) is 22.5. The van der Waals surface area contributed by atoms with Crippen LogP contribution in [0.1, 0.15) is 55.7 Å². The number of nitrogens with one attached hydrogen (secondary N) is 1. The molecule has 3 aromatic rings. The number of dihydropyridines is 1. The summed E-state index contributed by atoms with van der Waals surface area (Å²) >= 11 is 0. The third-order valence-electron chi connectivity index (χ3n) is 8.34. The minimum Gasteiger partial charge on any atom is -0.497 e. The van der Waals surface area contributed by atoms with Gasteiger partial charge in [0.2, 0.25) is 0 Å². The second-order valence-electron chi connectivity index (χ2n) is 11.1. The highest BCUT2D eigenvalue weighted by atomic mass is 16.5. The molecule has 0 saturated heterocycles. The molecule has 0 aromatic heterocycles. The molecule has 9 heteroatoms. The molecule has 1 aliphatic heterocycles. The number of methoxy groups -OCH3 is 2. The van der Waals surface area contributed by atoms with Gasteiger partial charge in [0.15, 0.2) is 17.3 Å². The molecule has 0 fully saturated rings. The summed E-state index contributed by atoms with van der Waals surface area (Å²) in [4.78, 5) is 41.7. The average molecular weight is 626 g/mol. The number of ketones is 1. The van der Waals surface area contributed by atoms with Gasteiger partial charge in [0.25, 0.3) is 0 Å². The van der Waals surface area contributed by atoms with Crippen molar-refractivity contribution in [2.75, 3.05) is 27.4 Å². The fourth-order valence-electron chi connectivity index (χ4n) is 6.25. The number of ether oxygens (including phenoxy) is 5. The van der Waals surface area contributed by atoms with E-state index in [0.717, 1.165) is 11.1 Å². The maximum Gasteiger partial charge on any atom is 0.336 e. The predicted molar refractivity (Wildman–Crippen MR) is 171 cm³/mol. The number of Topliss-reactive ketones (excluding diaryl/α,β-unsaturated/α-hetero) is 1. The summed E-state index contributed by atoms with van der Waals surface area (Å²) < 4.78 is 28.2. The van der Waals surface area contributed by atoms with Crippen molar-refractivity contribution in [1.82, 2.24) is 5.32 Å². The molecule has 1 N–H and O–H groups in total. The molecule has 2 aliphatic rings. The minimum atomic E-state index is -1.13. The number of carbonyl (C=O) groups excluding carboxylic acids is 3. The molecule has 1 heterocycles. The Hall–Kier alpha value is -5.05. The van der Waals surface area contributed by atoms with Gasteiger partial charge in [0.05, 0.1) is 33.0 Å². The lowest BCUT2D eigenvalue weighted by molar-refractivity contribution is -0.152. The Kier molecular flexibility index (Phi) is 10.1. The SMILES string of the molecule is CCOC(=O)C1=C(C)NC2=C(C(=O)C(C(=O)OCC)C(c3cccc(OC)c3)C2)C1c1ccc(OCc2ccccc2)c(OC)c1. The van der Waals surface area contributed by atoms with Gasteiger partial charge in [-0.25, -0.2) is 4.79 Å². The van der Waals surface area contributed by atoms with E-state index in [0.29, 0.717) is 52.8 Å². The van der Waals surface area contributed by atoms with Crippen molar-refractivity contribution in [1.29, 1.82) is 0 Å². The smallest absolute Gasteiger partial charge is 0.336 e. The Morgan fingerprint density at radius 3 is 2.30 bits per heavy atom. The zero-order chi connectivity index (χ0) is 32.8. The number of esters is 2. The van der Waals surface area contributed by atoms with Gasteiger partial charge in [-0.3, -0.25) is 9.59 Å². The summed E-state index contributed by atoms with van der Waals surface area (Å²) in [6.07, 6.45) is 0.330. The first kappa shape index (κ1) is 32.3. The van der Waals surface area contributed by atoms with E-state index in [1.54, 1.807) is 40.0 Å². The Morgan fingerprint density at radius 2 is 1.61 bits per heavy atom. The summed E-state index contributed by atoms with van der Waals surface area (Å²) in [6.45, 7) is 5.83. The summed E-state index contributed by atoms with van der Waals surface area (Å²) in [7, 11) is 3.11. The van der Waals surface area contributed by atoms with Crippen LogP contribution < -0.4 is 19.5 Å². The van der Waals surface area contributed by atoms with Gasteiger partial charge in [0.1, 0.15) is 18.3 Å². The van der Waals surface area contributed by atoms with Crippen molar-refractivity contribution in [3.8, 4) is 17.2 Å². The maximum atomic E-state index is 14.7. The quantitative estimate of drug-likeness (QED) is 0.203. The van der Waals surface area contributed by atoms with E-state index in [9.17, 15) is 14.4 Å². The van der Waals surface area contributed by atoms with Crippen LogP contribution in [0.2, 0.25) is 0 Å². The third kappa shape index (κ3) is 6.49. The van der Waals surface area contributed by atoms with Crippen molar-refractivity contribution < 1.29 is 38.1 Å². The van der Waals surface area contributed by atoms with Crippen LogP contribution in [0.4, 0.5) is 0 Å². The first-order chi connectivity index (χ1) is 22.3. The molecule has 0 spiro atoms. The Balaban J connectivity index is 1.62. The van der Waals surface area contributed by atoms with Crippen LogP contribution in [-0.2, 0) is 30.5 Å². The largest absolute Gasteiger partial charge is 0.497 e. The fourth-order valence-corrected chi connectivity index (χ4v) is 6.25. The van der Waals surface area contributed by atoms with Crippen molar-refractivity contribution >= 4 is 17.7 Å². The zero-order valence-electron chi connectivity index (χ0n) is 26.8. The first-order valence-corrected chi connectivity index (χ1v) is 15.4. The zero-order valence-corrected chi connectivity index (χ0v) is 26.8. The van der Waals surface area contributed by atoms with Gasteiger partial charge in [-0.05, 0) is 68.1 Å². The summed E-state index contributed by atoms with van der Waals surface area (Å²) in [5, 5.41) is 3.33.